The van der Waals surface area contributed by atoms with Crippen LogP contribution in [0.1, 0.15) is 5.56 Å². The van der Waals surface area contributed by atoms with E-state index in [2.05, 4.69) is 15.5 Å². The Kier molecular flexibility index (Phi) is 5.50. The van der Waals surface area contributed by atoms with E-state index in [0.29, 0.717) is 32.4 Å². The standard InChI is InChI=1S/C15H11Cl3N4OS/c16-10-3-1-2-9(4-10)6-19-13(23)8-24-15-21-20-14-12(18)5-11(17)7-22(14)15/h1-5,7H,6,8H2,(H,19,23). The molecule has 0 bridgehead atoms. The molecule has 0 saturated heterocycles. The highest BCUT2D eigenvalue weighted by molar-refractivity contribution is 7.99. The Bertz CT molecular complexity index is 900. The van der Waals surface area contributed by atoms with Crippen molar-refractivity contribution in [2.75, 3.05) is 5.75 Å². The number of aromatic nitrogens is 3. The van der Waals surface area contributed by atoms with Gasteiger partial charge in [-0.1, -0.05) is 58.7 Å². The molecule has 0 aliphatic carbocycles. The largest absolute Gasteiger partial charge is 0.351 e. The van der Waals surface area contributed by atoms with Crippen LogP contribution < -0.4 is 5.32 Å². The number of rotatable bonds is 5. The van der Waals surface area contributed by atoms with Gasteiger partial charge in [0.05, 0.1) is 15.8 Å². The Morgan fingerprint density at radius 3 is 2.79 bits per heavy atom. The average molecular weight is 402 g/mol. The smallest absolute Gasteiger partial charge is 0.230 e. The number of fused-ring (bicyclic) bond motifs is 1. The predicted octanol–water partition coefficient (Wildman–Crippen LogP) is 4.10. The second-order valence-corrected chi connectivity index (χ2v) is 7.10. The van der Waals surface area contributed by atoms with Crippen LogP contribution in [0.4, 0.5) is 0 Å². The molecule has 0 radical (unpaired) electrons. The summed E-state index contributed by atoms with van der Waals surface area (Å²) in [5, 5.41) is 12.9. The Hall–Kier alpha value is -1.47. The highest BCUT2D eigenvalue weighted by atomic mass is 35.5. The number of benzene rings is 1. The van der Waals surface area contributed by atoms with Crippen LogP contribution in [-0.4, -0.2) is 26.3 Å². The fourth-order valence-electron chi connectivity index (χ4n) is 2.03. The van der Waals surface area contributed by atoms with Gasteiger partial charge in [0.15, 0.2) is 10.8 Å². The van der Waals surface area contributed by atoms with Crippen molar-refractivity contribution in [2.45, 2.75) is 11.7 Å². The van der Waals surface area contributed by atoms with Crippen LogP contribution in [-0.2, 0) is 11.3 Å². The molecule has 124 valence electrons. The number of hydrogen-bond donors (Lipinski definition) is 1. The summed E-state index contributed by atoms with van der Waals surface area (Å²) in [6.07, 6.45) is 1.66. The lowest BCUT2D eigenvalue weighted by Crippen LogP contribution is -2.24. The summed E-state index contributed by atoms with van der Waals surface area (Å²) in [7, 11) is 0. The van der Waals surface area contributed by atoms with Crippen LogP contribution in [0.2, 0.25) is 15.1 Å². The molecule has 0 aliphatic rings. The van der Waals surface area contributed by atoms with E-state index in [4.69, 9.17) is 34.8 Å². The zero-order valence-corrected chi connectivity index (χ0v) is 15.3. The number of pyridine rings is 1. The fourth-order valence-corrected chi connectivity index (χ4v) is 3.49. The fraction of sp³-hybridized carbons (Fsp3) is 0.133. The maximum atomic E-state index is 12.0. The Morgan fingerprint density at radius 2 is 2.00 bits per heavy atom. The molecular weight excluding hydrogens is 391 g/mol. The quantitative estimate of drug-likeness (QED) is 0.654. The van der Waals surface area contributed by atoms with Crippen LogP contribution in [0.5, 0.6) is 0 Å². The van der Waals surface area contributed by atoms with E-state index in [1.807, 2.05) is 18.2 Å². The lowest BCUT2D eigenvalue weighted by atomic mass is 10.2. The van der Waals surface area contributed by atoms with Crippen molar-refractivity contribution in [1.82, 2.24) is 19.9 Å². The van der Waals surface area contributed by atoms with Gasteiger partial charge in [-0.15, -0.1) is 10.2 Å². The van der Waals surface area contributed by atoms with Crippen molar-refractivity contribution in [1.29, 1.82) is 0 Å². The normalized spacial score (nSPS) is 11.0. The minimum atomic E-state index is -0.121. The van der Waals surface area contributed by atoms with Gasteiger partial charge >= 0.3 is 0 Å². The number of nitrogens with zero attached hydrogens (tertiary/aromatic N) is 3. The number of carbonyl (C=O) groups is 1. The first kappa shape index (κ1) is 17.4. The Balaban J connectivity index is 1.60. The van der Waals surface area contributed by atoms with E-state index in [1.54, 1.807) is 22.7 Å². The van der Waals surface area contributed by atoms with Crippen LogP contribution in [0.25, 0.3) is 5.65 Å². The summed E-state index contributed by atoms with van der Waals surface area (Å²) in [6, 6.07) is 8.93. The molecule has 0 fully saturated rings. The molecule has 0 unspecified atom stereocenters. The van der Waals surface area contributed by atoms with E-state index in [1.165, 1.54) is 11.8 Å². The Morgan fingerprint density at radius 1 is 1.17 bits per heavy atom. The summed E-state index contributed by atoms with van der Waals surface area (Å²) >= 11 is 19.2. The third kappa shape index (κ3) is 4.13. The first-order valence-electron chi connectivity index (χ1n) is 6.86. The van der Waals surface area contributed by atoms with Crippen molar-refractivity contribution in [3.05, 3.63) is 57.2 Å². The van der Waals surface area contributed by atoms with Crippen LogP contribution in [0.15, 0.2) is 41.7 Å². The molecule has 0 saturated carbocycles. The number of nitrogens with one attached hydrogen (secondary N) is 1. The molecule has 24 heavy (non-hydrogen) atoms. The average Bonchev–Trinajstić information content (AvgIpc) is 2.94. The van der Waals surface area contributed by atoms with Gasteiger partial charge in [0.1, 0.15) is 0 Å². The van der Waals surface area contributed by atoms with Gasteiger partial charge in [0.2, 0.25) is 5.91 Å². The zero-order valence-electron chi connectivity index (χ0n) is 12.2. The lowest BCUT2D eigenvalue weighted by molar-refractivity contribution is -0.118. The van der Waals surface area contributed by atoms with Crippen molar-refractivity contribution in [3.63, 3.8) is 0 Å². The monoisotopic (exact) mass is 400 g/mol. The highest BCUT2D eigenvalue weighted by Crippen LogP contribution is 2.25. The molecule has 1 amide bonds. The summed E-state index contributed by atoms with van der Waals surface area (Å²) in [6.45, 7) is 0.415. The van der Waals surface area contributed by atoms with Gasteiger partial charge < -0.3 is 5.32 Å². The molecule has 2 heterocycles. The molecule has 3 rings (SSSR count). The molecule has 0 spiro atoms. The molecule has 1 aromatic carbocycles. The third-order valence-corrected chi connectivity index (χ3v) is 4.77. The number of halogens is 3. The maximum absolute atomic E-state index is 12.0. The van der Waals surface area contributed by atoms with Gasteiger partial charge in [-0.3, -0.25) is 9.20 Å². The SMILES string of the molecule is O=C(CSc1nnc2c(Cl)cc(Cl)cn12)NCc1cccc(Cl)c1. The second-order valence-electron chi connectivity index (χ2n) is 4.88. The second kappa shape index (κ2) is 7.61. The highest BCUT2D eigenvalue weighted by Gasteiger charge is 2.12. The third-order valence-electron chi connectivity index (χ3n) is 3.11. The summed E-state index contributed by atoms with van der Waals surface area (Å²) in [5.74, 6) is 0.0794. The van der Waals surface area contributed by atoms with Crippen molar-refractivity contribution in [3.8, 4) is 0 Å². The van der Waals surface area contributed by atoms with Crippen LogP contribution in [0.3, 0.4) is 0 Å². The first-order valence-corrected chi connectivity index (χ1v) is 8.98. The molecule has 5 nitrogen and oxygen atoms in total. The minimum absolute atomic E-state index is 0.121. The number of hydrogen-bond acceptors (Lipinski definition) is 4. The molecule has 0 aliphatic heterocycles. The van der Waals surface area contributed by atoms with Gasteiger partial charge in [-0.25, -0.2) is 0 Å². The molecule has 2 aromatic heterocycles. The lowest BCUT2D eigenvalue weighted by Gasteiger charge is -2.05. The van der Waals surface area contributed by atoms with E-state index in [9.17, 15) is 4.79 Å². The summed E-state index contributed by atoms with van der Waals surface area (Å²) < 4.78 is 1.67. The minimum Gasteiger partial charge on any atom is -0.351 e. The van der Waals surface area contributed by atoms with Crippen molar-refractivity contribution >= 4 is 58.1 Å². The predicted molar refractivity (Wildman–Crippen MR) is 97.0 cm³/mol. The van der Waals surface area contributed by atoms with Crippen molar-refractivity contribution < 1.29 is 4.79 Å². The zero-order chi connectivity index (χ0) is 17.1. The first-order chi connectivity index (χ1) is 11.5. The molecular formula is C15H11Cl3N4OS. The topological polar surface area (TPSA) is 59.3 Å². The number of thioether (sulfide) groups is 1. The molecule has 3 aromatic rings. The van der Waals surface area contributed by atoms with Crippen LogP contribution >= 0.6 is 46.6 Å². The summed E-state index contributed by atoms with van der Waals surface area (Å²) in [5.41, 5.74) is 1.44. The van der Waals surface area contributed by atoms with E-state index >= 15 is 0 Å². The number of carbonyl (C=O) groups excluding carboxylic acids is 1. The molecule has 9 heteroatoms. The molecule has 0 atom stereocenters. The van der Waals surface area contributed by atoms with Crippen LogP contribution in [0, 0.1) is 0 Å². The van der Waals surface area contributed by atoms with Gasteiger partial charge in [0.25, 0.3) is 0 Å². The molecule has 1 N–H and O–H groups in total. The summed E-state index contributed by atoms with van der Waals surface area (Å²) in [4.78, 5) is 12.0. The van der Waals surface area contributed by atoms with E-state index in [-0.39, 0.29) is 11.7 Å². The van der Waals surface area contributed by atoms with Gasteiger partial charge in [0, 0.05) is 17.8 Å². The van der Waals surface area contributed by atoms with Crippen molar-refractivity contribution in [2.24, 2.45) is 0 Å². The maximum Gasteiger partial charge on any atom is 0.230 e. The Labute approximate surface area is 157 Å². The number of amides is 1. The van der Waals surface area contributed by atoms with Gasteiger partial charge in [-0.05, 0) is 23.8 Å². The van der Waals surface area contributed by atoms with E-state index in [0.717, 1.165) is 5.56 Å². The van der Waals surface area contributed by atoms with E-state index < -0.39 is 0 Å². The van der Waals surface area contributed by atoms with Gasteiger partial charge in [-0.2, -0.15) is 0 Å².